The van der Waals surface area contributed by atoms with Gasteiger partial charge in [-0.3, -0.25) is 14.5 Å². The molecule has 0 radical (unpaired) electrons. The van der Waals surface area contributed by atoms with Crippen molar-refractivity contribution in [2.24, 2.45) is 0 Å². The minimum absolute atomic E-state index is 0.0620. The van der Waals surface area contributed by atoms with Crippen LogP contribution >= 0.6 is 0 Å². The van der Waals surface area contributed by atoms with E-state index in [1.165, 1.54) is 12.1 Å². The van der Waals surface area contributed by atoms with E-state index in [9.17, 15) is 22.8 Å². The molecule has 2 aromatic carbocycles. The molecule has 5 nitrogen and oxygen atoms in total. The number of nitrogens with one attached hydrogen (secondary N) is 1. The van der Waals surface area contributed by atoms with Gasteiger partial charge in [0.05, 0.1) is 18.7 Å². The van der Waals surface area contributed by atoms with E-state index < -0.39 is 17.7 Å². The number of alkyl halides is 3. The zero-order valence-electron chi connectivity index (χ0n) is 16.0. The summed E-state index contributed by atoms with van der Waals surface area (Å²) in [6, 6.07) is 13.7. The van der Waals surface area contributed by atoms with Gasteiger partial charge in [-0.15, -0.1) is 0 Å². The molecule has 0 aliphatic rings. The zero-order valence-corrected chi connectivity index (χ0v) is 16.0. The molecule has 0 spiro atoms. The lowest BCUT2D eigenvalue weighted by atomic mass is 10.1. The van der Waals surface area contributed by atoms with Crippen molar-refractivity contribution < 1.29 is 27.5 Å². The van der Waals surface area contributed by atoms with Crippen molar-refractivity contribution >= 4 is 17.6 Å². The van der Waals surface area contributed by atoms with Gasteiger partial charge in [-0.1, -0.05) is 30.3 Å². The van der Waals surface area contributed by atoms with E-state index in [2.05, 4.69) is 5.32 Å². The number of rotatable bonds is 9. The fourth-order valence-electron chi connectivity index (χ4n) is 2.67. The molecule has 0 bridgehead atoms. The monoisotopic (exact) mass is 408 g/mol. The number of carbonyl (C=O) groups excluding carboxylic acids is 2. The molecule has 2 aromatic rings. The summed E-state index contributed by atoms with van der Waals surface area (Å²) in [6.45, 7) is 2.31. The van der Waals surface area contributed by atoms with Crippen LogP contribution in [-0.4, -0.2) is 36.5 Å². The van der Waals surface area contributed by atoms with Crippen LogP contribution in [-0.2, 0) is 27.0 Å². The van der Waals surface area contributed by atoms with Crippen molar-refractivity contribution in [3.63, 3.8) is 0 Å². The second-order valence-electron chi connectivity index (χ2n) is 6.37. The summed E-state index contributed by atoms with van der Waals surface area (Å²) in [6.07, 6.45) is -4.28. The Bertz CT molecular complexity index is 793. The Morgan fingerprint density at radius 3 is 2.28 bits per heavy atom. The van der Waals surface area contributed by atoms with Crippen molar-refractivity contribution in [1.82, 2.24) is 4.90 Å². The number of hydrogen-bond donors (Lipinski definition) is 1. The molecule has 29 heavy (non-hydrogen) atoms. The van der Waals surface area contributed by atoms with Gasteiger partial charge in [0.15, 0.2) is 0 Å². The molecular weight excluding hydrogens is 385 g/mol. The number of nitrogens with zero attached hydrogens (tertiary/aromatic N) is 1. The van der Waals surface area contributed by atoms with Crippen molar-refractivity contribution in [1.29, 1.82) is 0 Å². The van der Waals surface area contributed by atoms with E-state index in [1.807, 2.05) is 6.07 Å². The number of ether oxygens (including phenoxy) is 1. The van der Waals surface area contributed by atoms with Gasteiger partial charge in [0.2, 0.25) is 5.91 Å². The number of hydrogen-bond acceptors (Lipinski definition) is 4. The number of amides is 1. The Balaban J connectivity index is 1.98. The maximum Gasteiger partial charge on any atom is 0.416 e. The quantitative estimate of drug-likeness (QED) is 0.635. The Morgan fingerprint density at radius 2 is 1.69 bits per heavy atom. The lowest BCUT2D eigenvalue weighted by Crippen LogP contribution is -2.33. The molecule has 0 saturated carbocycles. The third kappa shape index (κ3) is 7.95. The van der Waals surface area contributed by atoms with Crippen LogP contribution in [0, 0.1) is 0 Å². The fraction of sp³-hybridized carbons (Fsp3) is 0.333. The summed E-state index contributed by atoms with van der Waals surface area (Å²) >= 11 is 0. The van der Waals surface area contributed by atoms with Gasteiger partial charge in [-0.05, 0) is 36.8 Å². The second-order valence-corrected chi connectivity index (χ2v) is 6.37. The van der Waals surface area contributed by atoms with Gasteiger partial charge in [-0.2, -0.15) is 13.2 Å². The van der Waals surface area contributed by atoms with E-state index in [0.717, 1.165) is 12.1 Å². The van der Waals surface area contributed by atoms with Crippen molar-refractivity contribution in [3.05, 3.63) is 65.7 Å². The third-order valence-electron chi connectivity index (χ3n) is 4.06. The summed E-state index contributed by atoms with van der Waals surface area (Å²) < 4.78 is 43.1. The average Bonchev–Trinajstić information content (AvgIpc) is 2.67. The number of carbonyl (C=O) groups is 2. The maximum atomic E-state index is 12.7. The lowest BCUT2D eigenvalue weighted by Gasteiger charge is -2.21. The maximum absolute atomic E-state index is 12.7. The first kappa shape index (κ1) is 22.4. The summed E-state index contributed by atoms with van der Waals surface area (Å²) in [5.74, 6) is -0.680. The highest BCUT2D eigenvalue weighted by molar-refractivity contribution is 5.90. The number of para-hydroxylation sites is 1. The zero-order chi connectivity index (χ0) is 21.3. The van der Waals surface area contributed by atoms with Crippen LogP contribution in [0.3, 0.4) is 0 Å². The van der Waals surface area contributed by atoms with Crippen LogP contribution < -0.4 is 5.32 Å². The molecule has 0 atom stereocenters. The largest absolute Gasteiger partial charge is 0.465 e. The van der Waals surface area contributed by atoms with Crippen LogP contribution in [0.2, 0.25) is 0 Å². The molecule has 156 valence electrons. The van der Waals surface area contributed by atoms with E-state index in [0.29, 0.717) is 11.3 Å². The van der Waals surface area contributed by atoms with E-state index in [4.69, 9.17) is 4.74 Å². The Kier molecular flexibility index (Phi) is 8.21. The molecule has 0 aromatic heterocycles. The van der Waals surface area contributed by atoms with Crippen LogP contribution in [0.1, 0.15) is 24.5 Å². The Morgan fingerprint density at radius 1 is 1.03 bits per heavy atom. The second kappa shape index (κ2) is 10.6. The minimum Gasteiger partial charge on any atom is -0.465 e. The smallest absolute Gasteiger partial charge is 0.416 e. The molecule has 0 saturated heterocycles. The molecule has 8 heteroatoms. The summed E-state index contributed by atoms with van der Waals surface area (Å²) in [5, 5.41) is 2.76. The Hall–Kier alpha value is -2.87. The normalized spacial score (nSPS) is 11.3. The van der Waals surface area contributed by atoms with Crippen molar-refractivity contribution in [2.45, 2.75) is 26.1 Å². The molecule has 0 aliphatic heterocycles. The van der Waals surface area contributed by atoms with E-state index in [-0.39, 0.29) is 38.6 Å². The van der Waals surface area contributed by atoms with Crippen LogP contribution in [0.4, 0.5) is 18.9 Å². The molecule has 0 heterocycles. The molecule has 2 rings (SSSR count). The topological polar surface area (TPSA) is 58.6 Å². The molecule has 1 N–H and O–H groups in total. The van der Waals surface area contributed by atoms with Crippen LogP contribution in [0.5, 0.6) is 0 Å². The van der Waals surface area contributed by atoms with Crippen LogP contribution in [0.15, 0.2) is 54.6 Å². The molecular formula is C21H23F3N2O3. The summed E-state index contributed by atoms with van der Waals surface area (Å²) in [4.78, 5) is 25.7. The highest BCUT2D eigenvalue weighted by Gasteiger charge is 2.30. The first-order valence-corrected chi connectivity index (χ1v) is 9.17. The lowest BCUT2D eigenvalue weighted by molar-refractivity contribution is -0.144. The fourth-order valence-corrected chi connectivity index (χ4v) is 2.67. The van der Waals surface area contributed by atoms with Gasteiger partial charge in [0, 0.05) is 25.2 Å². The highest BCUT2D eigenvalue weighted by atomic mass is 19.4. The highest BCUT2D eigenvalue weighted by Crippen LogP contribution is 2.29. The first-order valence-electron chi connectivity index (χ1n) is 9.17. The number of benzene rings is 2. The number of esters is 1. The van der Waals surface area contributed by atoms with Crippen molar-refractivity contribution in [2.75, 3.05) is 25.0 Å². The minimum atomic E-state index is -4.40. The number of anilines is 1. The third-order valence-corrected chi connectivity index (χ3v) is 4.06. The van der Waals surface area contributed by atoms with E-state index in [1.54, 1.807) is 36.1 Å². The van der Waals surface area contributed by atoms with E-state index >= 15 is 0 Å². The van der Waals surface area contributed by atoms with Gasteiger partial charge in [-0.25, -0.2) is 0 Å². The van der Waals surface area contributed by atoms with Gasteiger partial charge in [0.25, 0.3) is 0 Å². The molecule has 0 aliphatic carbocycles. The predicted octanol–water partition coefficient (Wildman–Crippen LogP) is 4.10. The average molecular weight is 408 g/mol. The Labute approximate surface area is 167 Å². The first-order chi connectivity index (χ1) is 13.8. The van der Waals surface area contributed by atoms with Gasteiger partial charge < -0.3 is 10.1 Å². The van der Waals surface area contributed by atoms with Gasteiger partial charge >= 0.3 is 12.1 Å². The van der Waals surface area contributed by atoms with Crippen molar-refractivity contribution in [3.8, 4) is 0 Å². The molecule has 0 unspecified atom stereocenters. The van der Waals surface area contributed by atoms with Gasteiger partial charge in [0.1, 0.15) is 0 Å². The summed E-state index contributed by atoms with van der Waals surface area (Å²) in [7, 11) is 0. The summed E-state index contributed by atoms with van der Waals surface area (Å²) in [5.41, 5.74) is 0.531. The van der Waals surface area contributed by atoms with Crippen LogP contribution in [0.25, 0.3) is 0 Å². The SMILES string of the molecule is CCOC(=O)CN(CCC(=O)Nc1ccccc1)Cc1ccc(C(F)(F)F)cc1. The standard InChI is InChI=1S/C21H23F3N2O3/c1-2-29-20(28)15-26(13-12-19(27)25-18-6-4-3-5-7-18)14-16-8-10-17(11-9-16)21(22,23)24/h3-11H,2,12-15H2,1H3,(H,25,27). The number of halogens is 3. The predicted molar refractivity (Wildman–Crippen MR) is 103 cm³/mol. The molecule has 1 amide bonds. The molecule has 0 fully saturated rings.